The van der Waals surface area contributed by atoms with E-state index in [1.807, 2.05) is 11.4 Å². The number of thioether (sulfide) groups is 1. The summed E-state index contributed by atoms with van der Waals surface area (Å²) < 4.78 is 1.25. The molecule has 1 heterocycles. The van der Waals surface area contributed by atoms with Gasteiger partial charge in [0.1, 0.15) is 4.75 Å². The molecule has 0 bridgehead atoms. The fourth-order valence-electron chi connectivity index (χ4n) is 0.644. The van der Waals surface area contributed by atoms with E-state index in [9.17, 15) is 4.79 Å². The number of rotatable bonds is 3. The molecule has 0 saturated heterocycles. The minimum atomic E-state index is -0.790. The Morgan fingerprint density at radius 2 is 2.31 bits per heavy atom. The largest absolute Gasteiger partial charge is 0.480 e. The number of hydrogen-bond donors (Lipinski definition) is 1. The van der Waals surface area contributed by atoms with Gasteiger partial charge in [0.2, 0.25) is 0 Å². The molecule has 1 aromatic rings. The Labute approximate surface area is 93.5 Å². The first-order valence-electron chi connectivity index (χ1n) is 3.58. The summed E-state index contributed by atoms with van der Waals surface area (Å²) in [6, 6.07) is 1.93. The average Bonchev–Trinajstić information content (AvgIpc) is 2.34. The molecule has 13 heavy (non-hydrogen) atoms. The van der Waals surface area contributed by atoms with Crippen molar-refractivity contribution < 1.29 is 9.90 Å². The van der Waals surface area contributed by atoms with E-state index in [0.717, 1.165) is 8.68 Å². The molecule has 1 aromatic heterocycles. The Hall–Kier alpha value is -0.000000000000000111. The first-order valence-corrected chi connectivity index (χ1v) is 6.07. The van der Waals surface area contributed by atoms with Crippen LogP contribution >= 0.6 is 39.0 Å². The molecule has 0 radical (unpaired) electrons. The number of carbonyl (C=O) groups is 1. The first-order chi connectivity index (χ1) is 5.92. The van der Waals surface area contributed by atoms with Crippen LogP contribution in [0.15, 0.2) is 20.1 Å². The van der Waals surface area contributed by atoms with Gasteiger partial charge in [-0.15, -0.1) is 11.3 Å². The Bertz CT molecular complexity index is 320. The van der Waals surface area contributed by atoms with Crippen LogP contribution in [-0.4, -0.2) is 15.8 Å². The highest BCUT2D eigenvalue weighted by molar-refractivity contribution is 9.10. The number of aliphatic carboxylic acids is 1. The van der Waals surface area contributed by atoms with Crippen LogP contribution in [0.2, 0.25) is 0 Å². The molecule has 0 aliphatic carbocycles. The topological polar surface area (TPSA) is 37.3 Å². The highest BCUT2D eigenvalue weighted by Crippen LogP contribution is 2.37. The highest BCUT2D eigenvalue weighted by Gasteiger charge is 2.28. The number of hydrogen-bond acceptors (Lipinski definition) is 3. The normalized spacial score (nSPS) is 11.6. The smallest absolute Gasteiger partial charge is 0.319 e. The molecule has 0 spiro atoms. The second-order valence-electron chi connectivity index (χ2n) is 3.00. The maximum absolute atomic E-state index is 10.8. The standard InChI is InChI=1S/C8H9BrO2S2/c1-8(2,7(10)11)13-6-3-5(9)4-12-6/h3-4H,1-2H3,(H,10,11). The predicted octanol–water partition coefficient (Wildman–Crippen LogP) is 3.47. The number of halogens is 1. The van der Waals surface area contributed by atoms with Crippen LogP contribution in [0.5, 0.6) is 0 Å². The Balaban J connectivity index is 2.74. The van der Waals surface area contributed by atoms with E-state index in [-0.39, 0.29) is 0 Å². The molecular weight excluding hydrogens is 272 g/mol. The molecule has 2 nitrogen and oxygen atoms in total. The summed E-state index contributed by atoms with van der Waals surface area (Å²) in [6.07, 6.45) is 0. The van der Waals surface area contributed by atoms with Gasteiger partial charge in [-0.05, 0) is 35.8 Å². The molecular formula is C8H9BrO2S2. The van der Waals surface area contributed by atoms with Crippen molar-refractivity contribution in [2.75, 3.05) is 0 Å². The maximum atomic E-state index is 10.8. The van der Waals surface area contributed by atoms with E-state index in [1.165, 1.54) is 11.8 Å². The second kappa shape index (κ2) is 4.02. The van der Waals surface area contributed by atoms with Crippen molar-refractivity contribution in [1.82, 2.24) is 0 Å². The van der Waals surface area contributed by atoms with Gasteiger partial charge in [0, 0.05) is 9.85 Å². The van der Waals surface area contributed by atoms with Crippen LogP contribution in [0.3, 0.4) is 0 Å². The van der Waals surface area contributed by atoms with Gasteiger partial charge >= 0.3 is 5.97 Å². The van der Waals surface area contributed by atoms with E-state index in [0.29, 0.717) is 0 Å². The molecule has 0 aliphatic rings. The SMILES string of the molecule is CC(C)(Sc1cc(Br)cs1)C(=O)O. The predicted molar refractivity (Wildman–Crippen MR) is 59.6 cm³/mol. The Morgan fingerprint density at radius 3 is 2.69 bits per heavy atom. The molecule has 0 fully saturated rings. The second-order valence-corrected chi connectivity index (χ2v) is 6.75. The van der Waals surface area contributed by atoms with Crippen LogP contribution in [-0.2, 0) is 4.79 Å². The fourth-order valence-corrected chi connectivity index (χ4v) is 3.69. The van der Waals surface area contributed by atoms with Gasteiger partial charge in [0.15, 0.2) is 0 Å². The summed E-state index contributed by atoms with van der Waals surface area (Å²) in [7, 11) is 0. The molecule has 1 rings (SSSR count). The summed E-state index contributed by atoms with van der Waals surface area (Å²) >= 11 is 6.24. The lowest BCUT2D eigenvalue weighted by Crippen LogP contribution is -2.26. The molecule has 0 saturated carbocycles. The van der Waals surface area contributed by atoms with Crippen LogP contribution in [0.4, 0.5) is 0 Å². The summed E-state index contributed by atoms with van der Waals surface area (Å²) in [5.74, 6) is -0.790. The lowest BCUT2D eigenvalue weighted by molar-refractivity contribution is -0.138. The number of carboxylic acid groups (broad SMARTS) is 1. The van der Waals surface area contributed by atoms with Crippen LogP contribution < -0.4 is 0 Å². The van der Waals surface area contributed by atoms with Crippen LogP contribution in [0.25, 0.3) is 0 Å². The van der Waals surface area contributed by atoms with Crippen molar-refractivity contribution in [2.45, 2.75) is 22.8 Å². The average molecular weight is 281 g/mol. The van der Waals surface area contributed by atoms with Gasteiger partial charge in [-0.1, -0.05) is 11.8 Å². The highest BCUT2D eigenvalue weighted by atomic mass is 79.9. The van der Waals surface area contributed by atoms with E-state index < -0.39 is 10.7 Å². The molecule has 0 amide bonds. The molecule has 0 aliphatic heterocycles. The summed E-state index contributed by atoms with van der Waals surface area (Å²) in [5.41, 5.74) is 0. The number of carboxylic acids is 1. The van der Waals surface area contributed by atoms with Gasteiger partial charge in [-0.3, -0.25) is 4.79 Å². The van der Waals surface area contributed by atoms with Crippen molar-refractivity contribution >= 4 is 45.0 Å². The lowest BCUT2D eigenvalue weighted by Gasteiger charge is -2.16. The Morgan fingerprint density at radius 1 is 1.69 bits per heavy atom. The summed E-state index contributed by atoms with van der Waals surface area (Å²) in [6.45, 7) is 3.40. The van der Waals surface area contributed by atoms with E-state index in [4.69, 9.17) is 5.11 Å². The van der Waals surface area contributed by atoms with Gasteiger partial charge in [-0.25, -0.2) is 0 Å². The van der Waals surface area contributed by atoms with Crippen molar-refractivity contribution in [3.05, 3.63) is 15.9 Å². The van der Waals surface area contributed by atoms with Gasteiger partial charge in [-0.2, -0.15) is 0 Å². The summed E-state index contributed by atoms with van der Waals surface area (Å²) in [5, 5.41) is 10.8. The first kappa shape index (κ1) is 11.1. The monoisotopic (exact) mass is 280 g/mol. The van der Waals surface area contributed by atoms with Crippen molar-refractivity contribution in [2.24, 2.45) is 0 Å². The van der Waals surface area contributed by atoms with Crippen molar-refractivity contribution in [1.29, 1.82) is 0 Å². The fraction of sp³-hybridized carbons (Fsp3) is 0.375. The van der Waals surface area contributed by atoms with E-state index in [1.54, 1.807) is 25.2 Å². The van der Waals surface area contributed by atoms with Crippen molar-refractivity contribution in [3.63, 3.8) is 0 Å². The molecule has 5 heteroatoms. The minimum absolute atomic E-state index is 0.760. The zero-order valence-electron chi connectivity index (χ0n) is 7.20. The Kier molecular flexibility index (Phi) is 3.43. The van der Waals surface area contributed by atoms with Crippen LogP contribution in [0.1, 0.15) is 13.8 Å². The van der Waals surface area contributed by atoms with E-state index in [2.05, 4.69) is 15.9 Å². The maximum Gasteiger partial charge on any atom is 0.319 e. The van der Waals surface area contributed by atoms with E-state index >= 15 is 0 Å². The molecule has 0 unspecified atom stereocenters. The van der Waals surface area contributed by atoms with Gasteiger partial charge < -0.3 is 5.11 Å². The molecule has 0 atom stereocenters. The molecule has 1 N–H and O–H groups in total. The third-order valence-electron chi connectivity index (χ3n) is 1.41. The minimum Gasteiger partial charge on any atom is -0.480 e. The van der Waals surface area contributed by atoms with Gasteiger partial charge in [0.25, 0.3) is 0 Å². The molecule has 0 aromatic carbocycles. The zero-order chi connectivity index (χ0) is 10.1. The van der Waals surface area contributed by atoms with Crippen LogP contribution in [0, 0.1) is 0 Å². The lowest BCUT2D eigenvalue weighted by atomic mass is 10.2. The third-order valence-corrected chi connectivity index (χ3v) is 4.44. The summed E-state index contributed by atoms with van der Waals surface area (Å²) in [4.78, 5) is 10.8. The van der Waals surface area contributed by atoms with Crippen molar-refractivity contribution in [3.8, 4) is 0 Å². The third kappa shape index (κ3) is 3.00. The zero-order valence-corrected chi connectivity index (χ0v) is 10.4. The quantitative estimate of drug-likeness (QED) is 0.862. The van der Waals surface area contributed by atoms with Gasteiger partial charge in [0.05, 0.1) is 4.21 Å². The molecule has 72 valence electrons. The number of thiophene rings is 1.